The number of nitrogens with zero attached hydrogens (tertiary/aromatic N) is 3. The van der Waals surface area contributed by atoms with Gasteiger partial charge in [-0.25, -0.2) is 0 Å². The summed E-state index contributed by atoms with van der Waals surface area (Å²) in [6.07, 6.45) is 7.31. The molecule has 3 heteroatoms. The predicted octanol–water partition coefficient (Wildman–Crippen LogP) is 10.8. The molecule has 9 rings (SSSR count). The highest BCUT2D eigenvalue weighted by atomic mass is 15.0. The number of hydrogen-bond acceptors (Lipinski definition) is 1. The van der Waals surface area contributed by atoms with E-state index < -0.39 is 0 Å². The van der Waals surface area contributed by atoms with Crippen LogP contribution < -0.4 is 0 Å². The van der Waals surface area contributed by atoms with Gasteiger partial charge in [-0.05, 0) is 71.7 Å². The third-order valence-electron chi connectivity index (χ3n) is 9.03. The maximum atomic E-state index is 4.95. The Balaban J connectivity index is 0.999. The van der Waals surface area contributed by atoms with Gasteiger partial charge in [-0.1, -0.05) is 109 Å². The molecule has 0 aliphatic carbocycles. The fraction of sp³-hybridized carbons (Fsp3) is 0.0238. The minimum absolute atomic E-state index is 0.827. The average Bonchev–Trinajstić information content (AvgIpc) is 3.50. The van der Waals surface area contributed by atoms with Crippen LogP contribution in [-0.2, 0) is 0 Å². The predicted molar refractivity (Wildman–Crippen MR) is 191 cm³/mol. The van der Waals surface area contributed by atoms with Crippen molar-refractivity contribution in [2.45, 2.75) is 6.42 Å². The third kappa shape index (κ3) is 4.16. The molecule has 2 aromatic heterocycles. The highest BCUT2D eigenvalue weighted by molar-refractivity contribution is 6.12. The summed E-state index contributed by atoms with van der Waals surface area (Å²) in [6.45, 7) is 0. The van der Waals surface area contributed by atoms with Crippen LogP contribution in [0.5, 0.6) is 0 Å². The van der Waals surface area contributed by atoms with E-state index in [1.54, 1.807) is 0 Å². The highest BCUT2D eigenvalue weighted by Gasteiger charge is 2.14. The second kappa shape index (κ2) is 10.4. The molecular formula is C42H29N3. The summed E-state index contributed by atoms with van der Waals surface area (Å²) in [6, 6.07) is 52.2. The van der Waals surface area contributed by atoms with Crippen LogP contribution in [0.1, 0.15) is 17.5 Å². The second-order valence-electron chi connectivity index (χ2n) is 11.6. The van der Waals surface area contributed by atoms with Crippen molar-refractivity contribution < 1.29 is 0 Å². The lowest BCUT2D eigenvalue weighted by atomic mass is 10.1. The number of para-hydroxylation sites is 4. The van der Waals surface area contributed by atoms with E-state index in [0.717, 1.165) is 34.6 Å². The Hall–Kier alpha value is -5.93. The minimum atomic E-state index is 0.827. The Morgan fingerprint density at radius 1 is 0.400 bits per heavy atom. The Labute approximate surface area is 261 Å². The Kier molecular flexibility index (Phi) is 5.88. The van der Waals surface area contributed by atoms with Gasteiger partial charge in [0.25, 0.3) is 0 Å². The molecule has 0 saturated heterocycles. The van der Waals surface area contributed by atoms with Gasteiger partial charge in [0, 0.05) is 39.1 Å². The third-order valence-corrected chi connectivity index (χ3v) is 9.03. The van der Waals surface area contributed by atoms with E-state index in [4.69, 9.17) is 4.99 Å². The van der Waals surface area contributed by atoms with E-state index in [2.05, 4.69) is 167 Å². The van der Waals surface area contributed by atoms with Gasteiger partial charge in [0.2, 0.25) is 0 Å². The quantitative estimate of drug-likeness (QED) is 0.199. The van der Waals surface area contributed by atoms with Crippen molar-refractivity contribution in [1.82, 2.24) is 9.13 Å². The normalized spacial score (nSPS) is 13.4. The minimum Gasteiger partial charge on any atom is -0.309 e. The SMILES string of the molecule is C1=NC(c2ccc(-n3c4ccccc4c4ccccc43)cc2)=CCC=C1c1ccc(-n2c3ccccc3c3ccccc32)cc1. The number of fused-ring (bicyclic) bond motifs is 6. The van der Waals surface area contributed by atoms with Gasteiger partial charge in [0.05, 0.1) is 27.8 Å². The first kappa shape index (κ1) is 25.6. The topological polar surface area (TPSA) is 22.2 Å². The molecule has 45 heavy (non-hydrogen) atoms. The monoisotopic (exact) mass is 575 g/mol. The van der Waals surface area contributed by atoms with Crippen LogP contribution in [0.25, 0.3) is 66.3 Å². The zero-order valence-electron chi connectivity index (χ0n) is 24.6. The van der Waals surface area contributed by atoms with Gasteiger partial charge in [-0.15, -0.1) is 0 Å². The molecule has 1 aliphatic rings. The summed E-state index contributed by atoms with van der Waals surface area (Å²) in [5, 5.41) is 5.10. The van der Waals surface area contributed by atoms with E-state index in [1.807, 2.05) is 6.21 Å². The van der Waals surface area contributed by atoms with Gasteiger partial charge in [-0.3, -0.25) is 4.99 Å². The number of aliphatic imine (C=N–C) groups is 1. The van der Waals surface area contributed by atoms with Crippen LogP contribution in [0, 0.1) is 0 Å². The number of allylic oxidation sites excluding steroid dienone is 3. The van der Waals surface area contributed by atoms with Crippen molar-refractivity contribution in [3.63, 3.8) is 0 Å². The highest BCUT2D eigenvalue weighted by Crippen LogP contribution is 2.34. The van der Waals surface area contributed by atoms with E-state index in [-0.39, 0.29) is 0 Å². The van der Waals surface area contributed by atoms with E-state index in [1.165, 1.54) is 49.2 Å². The van der Waals surface area contributed by atoms with Crippen LogP contribution >= 0.6 is 0 Å². The number of benzene rings is 6. The Bertz CT molecular complexity index is 2200. The molecule has 0 atom stereocenters. The number of rotatable bonds is 4. The van der Waals surface area contributed by atoms with Crippen molar-refractivity contribution in [2.75, 3.05) is 0 Å². The van der Waals surface area contributed by atoms with E-state index in [9.17, 15) is 0 Å². The van der Waals surface area contributed by atoms with E-state index >= 15 is 0 Å². The van der Waals surface area contributed by atoms with Crippen molar-refractivity contribution >= 4 is 61.1 Å². The van der Waals surface area contributed by atoms with Gasteiger partial charge in [0.1, 0.15) is 0 Å². The molecule has 0 saturated carbocycles. The molecule has 8 aromatic rings. The number of hydrogen-bond donors (Lipinski definition) is 0. The molecule has 0 N–H and O–H groups in total. The van der Waals surface area contributed by atoms with Crippen LogP contribution in [0.3, 0.4) is 0 Å². The summed E-state index contributed by atoms with van der Waals surface area (Å²) in [5.74, 6) is 0. The zero-order valence-corrected chi connectivity index (χ0v) is 24.6. The van der Waals surface area contributed by atoms with Crippen LogP contribution in [0.2, 0.25) is 0 Å². The lowest BCUT2D eigenvalue weighted by molar-refractivity contribution is 1.18. The summed E-state index contributed by atoms with van der Waals surface area (Å²) in [7, 11) is 0. The van der Waals surface area contributed by atoms with Crippen molar-refractivity contribution in [3.8, 4) is 11.4 Å². The molecule has 6 aromatic carbocycles. The molecule has 0 amide bonds. The Morgan fingerprint density at radius 2 is 0.800 bits per heavy atom. The van der Waals surface area contributed by atoms with Gasteiger partial charge in [0.15, 0.2) is 0 Å². The fourth-order valence-electron chi connectivity index (χ4n) is 6.91. The van der Waals surface area contributed by atoms with Gasteiger partial charge >= 0.3 is 0 Å². The maximum Gasteiger partial charge on any atom is 0.0665 e. The number of aromatic nitrogens is 2. The molecule has 3 nitrogen and oxygen atoms in total. The first-order chi connectivity index (χ1) is 22.3. The standard InChI is InChI=1S/C42H29N3/c1-5-16-39-34(11-1)35-12-2-6-17-40(35)44(39)32-24-20-29(21-25-32)31-10-9-15-38(43-28-31)30-22-26-33(27-23-30)45-41-18-7-3-13-36(41)37-14-4-8-19-42(37)45/h1-8,10-28H,9H2. The van der Waals surface area contributed by atoms with Crippen LogP contribution in [0.15, 0.2) is 163 Å². The molecule has 212 valence electrons. The van der Waals surface area contributed by atoms with Crippen molar-refractivity contribution in [3.05, 3.63) is 169 Å². The maximum absolute atomic E-state index is 4.95. The lowest BCUT2D eigenvalue weighted by Crippen LogP contribution is -1.95. The van der Waals surface area contributed by atoms with E-state index in [0.29, 0.717) is 0 Å². The first-order valence-electron chi connectivity index (χ1n) is 15.5. The largest absolute Gasteiger partial charge is 0.309 e. The second-order valence-corrected chi connectivity index (χ2v) is 11.6. The van der Waals surface area contributed by atoms with Gasteiger partial charge in [-0.2, -0.15) is 0 Å². The summed E-state index contributed by atoms with van der Waals surface area (Å²) in [4.78, 5) is 4.95. The summed E-state index contributed by atoms with van der Waals surface area (Å²) < 4.78 is 4.70. The summed E-state index contributed by atoms with van der Waals surface area (Å²) >= 11 is 0. The summed E-state index contributed by atoms with van der Waals surface area (Å²) in [5.41, 5.74) is 11.6. The smallest absolute Gasteiger partial charge is 0.0665 e. The molecule has 3 heterocycles. The van der Waals surface area contributed by atoms with Crippen molar-refractivity contribution in [2.24, 2.45) is 4.99 Å². The molecular weight excluding hydrogens is 546 g/mol. The van der Waals surface area contributed by atoms with Crippen LogP contribution in [0.4, 0.5) is 0 Å². The zero-order chi connectivity index (χ0) is 29.7. The van der Waals surface area contributed by atoms with Crippen LogP contribution in [-0.4, -0.2) is 15.3 Å². The first-order valence-corrected chi connectivity index (χ1v) is 15.5. The fourth-order valence-corrected chi connectivity index (χ4v) is 6.91. The molecule has 0 radical (unpaired) electrons. The molecule has 1 aliphatic heterocycles. The Morgan fingerprint density at radius 3 is 1.24 bits per heavy atom. The molecule has 0 fully saturated rings. The molecule has 0 unspecified atom stereocenters. The average molecular weight is 576 g/mol. The molecule has 0 spiro atoms. The van der Waals surface area contributed by atoms with Gasteiger partial charge < -0.3 is 9.13 Å². The van der Waals surface area contributed by atoms with Crippen molar-refractivity contribution in [1.29, 1.82) is 0 Å². The molecule has 0 bridgehead atoms. The lowest BCUT2D eigenvalue weighted by Gasteiger charge is -2.10.